The van der Waals surface area contributed by atoms with E-state index in [9.17, 15) is 14.4 Å². The van der Waals surface area contributed by atoms with Crippen molar-refractivity contribution in [2.24, 2.45) is 5.92 Å². The van der Waals surface area contributed by atoms with Gasteiger partial charge in [0.25, 0.3) is 11.8 Å². The second-order valence-corrected chi connectivity index (χ2v) is 6.64. The number of esters is 1. The highest BCUT2D eigenvalue weighted by Crippen LogP contribution is 2.30. The monoisotopic (exact) mass is 383 g/mol. The second-order valence-electron chi connectivity index (χ2n) is 6.64. The molecule has 0 unspecified atom stereocenters. The van der Waals surface area contributed by atoms with Gasteiger partial charge in [-0.05, 0) is 31.2 Å². The zero-order valence-corrected chi connectivity index (χ0v) is 16.7. The number of hydrogen-bond donors (Lipinski definition) is 1. The van der Waals surface area contributed by atoms with E-state index < -0.39 is 0 Å². The van der Waals surface area contributed by atoms with E-state index in [0.717, 1.165) is 12.8 Å². The number of hydrogen-bond acceptors (Lipinski definition) is 4. The first kappa shape index (κ1) is 23.1. The summed E-state index contributed by atoms with van der Waals surface area (Å²) in [4.78, 5) is 32.4. The molecule has 1 heterocycles. The SMILES string of the molecule is C=C(C)C(=O)OC.C=Cc1ccccc1.O=C1C=C(C2CCCCC2)C(=O)N1. The Labute approximate surface area is 167 Å². The largest absolute Gasteiger partial charge is 0.466 e. The molecular formula is C23H29NO4. The van der Waals surface area contributed by atoms with Crippen LogP contribution in [0.15, 0.2) is 60.7 Å². The maximum Gasteiger partial charge on any atom is 0.332 e. The Bertz CT molecular complexity index is 728. The van der Waals surface area contributed by atoms with Crippen LogP contribution in [0.4, 0.5) is 0 Å². The molecule has 2 aliphatic rings. The molecule has 0 radical (unpaired) electrons. The van der Waals surface area contributed by atoms with Gasteiger partial charge in [-0.15, -0.1) is 0 Å². The normalized spacial score (nSPS) is 15.7. The zero-order chi connectivity index (χ0) is 20.9. The summed E-state index contributed by atoms with van der Waals surface area (Å²) in [7, 11) is 1.33. The van der Waals surface area contributed by atoms with Crippen molar-refractivity contribution < 1.29 is 19.1 Å². The lowest BCUT2D eigenvalue weighted by atomic mass is 9.84. The lowest BCUT2D eigenvalue weighted by Crippen LogP contribution is -2.24. The van der Waals surface area contributed by atoms with E-state index in [1.54, 1.807) is 6.92 Å². The Morgan fingerprint density at radius 2 is 1.75 bits per heavy atom. The third kappa shape index (κ3) is 8.16. The third-order valence-electron chi connectivity index (χ3n) is 4.40. The van der Waals surface area contributed by atoms with Gasteiger partial charge in [0.2, 0.25) is 0 Å². The lowest BCUT2D eigenvalue weighted by Gasteiger charge is -2.21. The van der Waals surface area contributed by atoms with Crippen molar-refractivity contribution in [3.05, 3.63) is 66.3 Å². The molecule has 1 saturated carbocycles. The average molecular weight is 383 g/mol. The van der Waals surface area contributed by atoms with E-state index in [1.807, 2.05) is 36.4 Å². The highest BCUT2D eigenvalue weighted by atomic mass is 16.5. The number of carbonyl (C=O) groups is 3. The van der Waals surface area contributed by atoms with Crippen LogP contribution in [0.5, 0.6) is 0 Å². The molecule has 2 amide bonds. The standard InChI is InChI=1S/C10H13NO2.C8H8.C5H8O2/c12-9-6-8(10(13)11-9)7-4-2-1-3-5-7;1-2-8-6-4-3-5-7-8;1-4(2)5(6)7-3/h6-7H,1-5H2,(H,11,12,13);2-7H,1H2;1H2,2-3H3. The molecule has 5 nitrogen and oxygen atoms in total. The summed E-state index contributed by atoms with van der Waals surface area (Å²) in [6.07, 6.45) is 9.06. The molecule has 1 aromatic carbocycles. The third-order valence-corrected chi connectivity index (χ3v) is 4.40. The van der Waals surface area contributed by atoms with E-state index in [1.165, 1.54) is 38.0 Å². The van der Waals surface area contributed by atoms with Gasteiger partial charge in [-0.3, -0.25) is 14.9 Å². The Morgan fingerprint density at radius 3 is 2.11 bits per heavy atom. The number of imide groups is 1. The average Bonchev–Trinajstić information content (AvgIpc) is 3.07. The van der Waals surface area contributed by atoms with E-state index in [-0.39, 0.29) is 17.8 Å². The molecule has 0 atom stereocenters. The number of amides is 2. The highest BCUT2D eigenvalue weighted by Gasteiger charge is 2.28. The van der Waals surface area contributed by atoms with Gasteiger partial charge in [-0.2, -0.15) is 0 Å². The quantitative estimate of drug-likeness (QED) is 0.482. The summed E-state index contributed by atoms with van der Waals surface area (Å²) in [5.41, 5.74) is 2.32. The van der Waals surface area contributed by atoms with Crippen molar-refractivity contribution in [3.8, 4) is 0 Å². The maximum absolute atomic E-state index is 11.3. The Balaban J connectivity index is 0.000000227. The van der Waals surface area contributed by atoms with Crippen LogP contribution < -0.4 is 5.32 Å². The van der Waals surface area contributed by atoms with Crippen molar-refractivity contribution in [1.82, 2.24) is 5.32 Å². The maximum atomic E-state index is 11.3. The van der Waals surface area contributed by atoms with Gasteiger partial charge >= 0.3 is 5.97 Å². The van der Waals surface area contributed by atoms with E-state index in [0.29, 0.717) is 17.1 Å². The fourth-order valence-corrected chi connectivity index (χ4v) is 2.91. The van der Waals surface area contributed by atoms with Crippen LogP contribution >= 0.6 is 0 Å². The fraction of sp³-hybridized carbons (Fsp3) is 0.348. The molecular weight excluding hydrogens is 354 g/mol. The van der Waals surface area contributed by atoms with E-state index in [2.05, 4.69) is 23.2 Å². The van der Waals surface area contributed by atoms with Crippen LogP contribution in [0.2, 0.25) is 0 Å². The smallest absolute Gasteiger partial charge is 0.332 e. The van der Waals surface area contributed by atoms with Gasteiger partial charge in [-0.1, -0.05) is 68.8 Å². The molecule has 1 aromatic rings. The van der Waals surface area contributed by atoms with Gasteiger partial charge in [0.1, 0.15) is 0 Å². The predicted octanol–water partition coefficient (Wildman–Crippen LogP) is 4.21. The number of methoxy groups -OCH3 is 1. The van der Waals surface area contributed by atoms with Crippen molar-refractivity contribution >= 4 is 23.9 Å². The molecule has 5 heteroatoms. The van der Waals surface area contributed by atoms with Crippen molar-refractivity contribution in [3.63, 3.8) is 0 Å². The molecule has 0 bridgehead atoms. The topological polar surface area (TPSA) is 72.5 Å². The molecule has 1 aliphatic carbocycles. The van der Waals surface area contributed by atoms with Crippen molar-refractivity contribution in [2.45, 2.75) is 39.0 Å². The lowest BCUT2D eigenvalue weighted by molar-refractivity contribution is -0.136. The molecule has 28 heavy (non-hydrogen) atoms. The number of rotatable bonds is 3. The number of benzene rings is 1. The van der Waals surface area contributed by atoms with Crippen LogP contribution in [0.3, 0.4) is 0 Å². The molecule has 3 rings (SSSR count). The zero-order valence-electron chi connectivity index (χ0n) is 16.7. The number of nitrogens with one attached hydrogen (secondary N) is 1. The molecule has 150 valence electrons. The summed E-state index contributed by atoms with van der Waals surface area (Å²) < 4.78 is 4.27. The van der Waals surface area contributed by atoms with Crippen molar-refractivity contribution in [2.75, 3.05) is 7.11 Å². The Kier molecular flexibility index (Phi) is 10.3. The first-order valence-corrected chi connectivity index (χ1v) is 9.37. The summed E-state index contributed by atoms with van der Waals surface area (Å²) in [6, 6.07) is 10.0. The summed E-state index contributed by atoms with van der Waals surface area (Å²) in [5.74, 6) is -0.428. The minimum absolute atomic E-state index is 0.170. The van der Waals surface area contributed by atoms with Gasteiger partial charge in [0.05, 0.1) is 7.11 Å². The summed E-state index contributed by atoms with van der Waals surface area (Å²) in [5, 5.41) is 2.29. The first-order valence-electron chi connectivity index (χ1n) is 9.37. The van der Waals surface area contributed by atoms with Gasteiger partial charge in [0, 0.05) is 17.2 Å². The highest BCUT2D eigenvalue weighted by molar-refractivity contribution is 6.16. The molecule has 1 fully saturated rings. The molecule has 1 aliphatic heterocycles. The fourth-order valence-electron chi connectivity index (χ4n) is 2.91. The van der Waals surface area contributed by atoms with Crippen LogP contribution in [0.1, 0.15) is 44.6 Å². The molecule has 0 spiro atoms. The minimum atomic E-state index is -0.347. The van der Waals surface area contributed by atoms with Gasteiger partial charge in [-0.25, -0.2) is 4.79 Å². The first-order chi connectivity index (χ1) is 13.4. The summed E-state index contributed by atoms with van der Waals surface area (Å²) in [6.45, 7) is 8.59. The van der Waals surface area contributed by atoms with Crippen LogP contribution in [0, 0.1) is 5.92 Å². The Hall–Kier alpha value is -2.95. The number of carbonyl (C=O) groups excluding carboxylic acids is 3. The predicted molar refractivity (Wildman–Crippen MR) is 111 cm³/mol. The van der Waals surface area contributed by atoms with E-state index in [4.69, 9.17) is 0 Å². The molecule has 0 aromatic heterocycles. The Morgan fingerprint density at radius 1 is 1.14 bits per heavy atom. The van der Waals surface area contributed by atoms with Crippen LogP contribution in [-0.2, 0) is 19.1 Å². The van der Waals surface area contributed by atoms with E-state index >= 15 is 0 Å². The van der Waals surface area contributed by atoms with Crippen LogP contribution in [-0.4, -0.2) is 24.9 Å². The minimum Gasteiger partial charge on any atom is -0.466 e. The summed E-state index contributed by atoms with van der Waals surface area (Å²) >= 11 is 0. The van der Waals surface area contributed by atoms with Crippen LogP contribution in [0.25, 0.3) is 6.08 Å². The van der Waals surface area contributed by atoms with Crippen molar-refractivity contribution in [1.29, 1.82) is 0 Å². The number of ether oxygens (including phenoxy) is 1. The van der Waals surface area contributed by atoms with Gasteiger partial charge in [0.15, 0.2) is 0 Å². The van der Waals surface area contributed by atoms with Gasteiger partial charge < -0.3 is 4.74 Å². The second kappa shape index (κ2) is 12.4. The molecule has 1 N–H and O–H groups in total. The molecule has 0 saturated heterocycles.